The molecule has 0 aliphatic heterocycles. The Bertz CT molecular complexity index is 812. The summed E-state index contributed by atoms with van der Waals surface area (Å²) < 4.78 is 4.89. The average Bonchev–Trinajstić information content (AvgIpc) is 2.62. The van der Waals surface area contributed by atoms with E-state index in [1.54, 1.807) is 32.4 Å². The second kappa shape index (κ2) is 8.51. The van der Waals surface area contributed by atoms with E-state index in [4.69, 9.17) is 4.74 Å². The highest BCUT2D eigenvalue weighted by molar-refractivity contribution is 5.93. The number of likely N-dealkylation sites (N-methyl/N-ethyl adjacent to an activating group) is 1. The van der Waals surface area contributed by atoms with Crippen molar-refractivity contribution in [3.05, 3.63) is 52.3 Å². The fraction of sp³-hybridized carbons (Fsp3) is 0.250. The highest BCUT2D eigenvalue weighted by Crippen LogP contribution is 2.22. The van der Waals surface area contributed by atoms with Crippen LogP contribution < -0.4 is 10.2 Å². The standard InChI is InChI=1S/C16H17N5O5/c1-11-4-5-12(8-13(11)21(24)25)19-14(22)10-26-15(23)9-20(2)16-17-6-3-7-18-16/h3-8H,9-10H2,1-2H3,(H,19,22). The summed E-state index contributed by atoms with van der Waals surface area (Å²) in [6.07, 6.45) is 3.08. The van der Waals surface area contributed by atoms with Gasteiger partial charge in [-0.25, -0.2) is 9.97 Å². The number of benzene rings is 1. The quantitative estimate of drug-likeness (QED) is 0.445. The zero-order valence-corrected chi connectivity index (χ0v) is 14.2. The smallest absolute Gasteiger partial charge is 0.326 e. The molecule has 1 aromatic heterocycles. The first-order valence-corrected chi connectivity index (χ1v) is 7.55. The fourth-order valence-electron chi connectivity index (χ4n) is 2.03. The molecule has 0 atom stereocenters. The van der Waals surface area contributed by atoms with E-state index in [9.17, 15) is 19.7 Å². The number of nitro groups is 1. The molecule has 10 nitrogen and oxygen atoms in total. The van der Waals surface area contributed by atoms with Gasteiger partial charge in [-0.1, -0.05) is 6.07 Å². The molecule has 1 heterocycles. The van der Waals surface area contributed by atoms with Gasteiger partial charge in [0, 0.05) is 36.8 Å². The zero-order chi connectivity index (χ0) is 19.1. The van der Waals surface area contributed by atoms with Gasteiger partial charge in [-0.05, 0) is 19.1 Å². The van der Waals surface area contributed by atoms with E-state index in [-0.39, 0.29) is 17.9 Å². The molecule has 26 heavy (non-hydrogen) atoms. The lowest BCUT2D eigenvalue weighted by Gasteiger charge is -2.15. The van der Waals surface area contributed by atoms with Gasteiger partial charge in [0.1, 0.15) is 6.54 Å². The first-order valence-electron chi connectivity index (χ1n) is 7.55. The van der Waals surface area contributed by atoms with E-state index in [0.717, 1.165) is 0 Å². The van der Waals surface area contributed by atoms with Crippen LogP contribution in [0.2, 0.25) is 0 Å². The maximum atomic E-state index is 11.8. The topological polar surface area (TPSA) is 128 Å². The van der Waals surface area contributed by atoms with Gasteiger partial charge >= 0.3 is 5.97 Å². The summed E-state index contributed by atoms with van der Waals surface area (Å²) in [4.78, 5) is 43.4. The number of ether oxygens (including phenoxy) is 1. The fourth-order valence-corrected chi connectivity index (χ4v) is 2.03. The number of carbonyl (C=O) groups is 2. The number of anilines is 2. The first kappa shape index (κ1) is 18.8. The van der Waals surface area contributed by atoms with Crippen molar-refractivity contribution in [1.82, 2.24) is 9.97 Å². The molecule has 1 aromatic carbocycles. The minimum absolute atomic E-state index is 0.107. The normalized spacial score (nSPS) is 10.1. The molecule has 2 aromatic rings. The van der Waals surface area contributed by atoms with Crippen LogP contribution in [0.1, 0.15) is 5.56 Å². The molecule has 0 spiro atoms. The number of hydrogen-bond donors (Lipinski definition) is 1. The lowest BCUT2D eigenvalue weighted by atomic mass is 10.2. The molecule has 0 saturated carbocycles. The minimum Gasteiger partial charge on any atom is -0.454 e. The number of aryl methyl sites for hydroxylation is 1. The summed E-state index contributed by atoms with van der Waals surface area (Å²) in [5.41, 5.74) is 0.619. The summed E-state index contributed by atoms with van der Waals surface area (Å²) in [7, 11) is 1.61. The van der Waals surface area contributed by atoms with Crippen LogP contribution in [-0.2, 0) is 14.3 Å². The number of hydrogen-bond acceptors (Lipinski definition) is 8. The van der Waals surface area contributed by atoms with E-state index < -0.39 is 23.4 Å². The van der Waals surface area contributed by atoms with Crippen molar-refractivity contribution in [2.45, 2.75) is 6.92 Å². The monoisotopic (exact) mass is 359 g/mol. The van der Waals surface area contributed by atoms with E-state index >= 15 is 0 Å². The van der Waals surface area contributed by atoms with Gasteiger partial charge < -0.3 is 15.0 Å². The van der Waals surface area contributed by atoms with Crippen LogP contribution in [0, 0.1) is 17.0 Å². The second-order valence-electron chi connectivity index (χ2n) is 5.37. The van der Waals surface area contributed by atoms with Gasteiger partial charge in [0.15, 0.2) is 6.61 Å². The maximum Gasteiger partial charge on any atom is 0.326 e. The van der Waals surface area contributed by atoms with Gasteiger partial charge in [-0.3, -0.25) is 19.7 Å². The van der Waals surface area contributed by atoms with Crippen LogP contribution in [0.25, 0.3) is 0 Å². The Morgan fingerprint density at radius 1 is 1.31 bits per heavy atom. The van der Waals surface area contributed by atoms with E-state index in [1.807, 2.05) is 0 Å². The molecule has 0 aliphatic carbocycles. The van der Waals surface area contributed by atoms with Crippen molar-refractivity contribution in [2.24, 2.45) is 0 Å². The maximum absolute atomic E-state index is 11.8. The SMILES string of the molecule is Cc1ccc(NC(=O)COC(=O)CN(C)c2ncccn2)cc1[N+](=O)[O-]. The molecule has 0 fully saturated rings. The Morgan fingerprint density at radius 3 is 2.65 bits per heavy atom. The highest BCUT2D eigenvalue weighted by Gasteiger charge is 2.15. The number of nitrogens with zero attached hydrogens (tertiary/aromatic N) is 4. The Balaban J connectivity index is 1.84. The van der Waals surface area contributed by atoms with Gasteiger partial charge in [-0.15, -0.1) is 0 Å². The lowest BCUT2D eigenvalue weighted by molar-refractivity contribution is -0.385. The van der Waals surface area contributed by atoms with Crippen molar-refractivity contribution in [3.8, 4) is 0 Å². The van der Waals surface area contributed by atoms with E-state index in [2.05, 4.69) is 15.3 Å². The van der Waals surface area contributed by atoms with Crippen LogP contribution in [0.15, 0.2) is 36.7 Å². The van der Waals surface area contributed by atoms with Crippen molar-refractivity contribution in [3.63, 3.8) is 0 Å². The molecule has 0 saturated heterocycles. The number of aromatic nitrogens is 2. The number of carbonyl (C=O) groups excluding carboxylic acids is 2. The van der Waals surface area contributed by atoms with Crippen molar-refractivity contribution < 1.29 is 19.2 Å². The molecule has 136 valence electrons. The number of nitrogens with one attached hydrogen (secondary N) is 1. The molecule has 0 aliphatic rings. The third-order valence-corrected chi connectivity index (χ3v) is 3.31. The van der Waals surface area contributed by atoms with Crippen LogP contribution in [-0.4, -0.2) is 47.0 Å². The number of rotatable bonds is 7. The number of nitro benzene ring substituents is 1. The molecule has 10 heteroatoms. The van der Waals surface area contributed by atoms with Crippen LogP contribution in [0.4, 0.5) is 17.3 Å². The summed E-state index contributed by atoms with van der Waals surface area (Å²) in [5.74, 6) is -0.888. The Hall–Kier alpha value is -3.56. The van der Waals surface area contributed by atoms with Crippen LogP contribution in [0.3, 0.4) is 0 Å². The van der Waals surface area contributed by atoms with Crippen LogP contribution >= 0.6 is 0 Å². The summed E-state index contributed by atoms with van der Waals surface area (Å²) in [6.45, 7) is 0.954. The molecule has 0 unspecified atom stereocenters. The van der Waals surface area contributed by atoms with Gasteiger partial charge in [0.2, 0.25) is 5.95 Å². The minimum atomic E-state index is -0.634. The number of amides is 1. The number of esters is 1. The second-order valence-corrected chi connectivity index (χ2v) is 5.37. The molecule has 2 rings (SSSR count). The van der Waals surface area contributed by atoms with Gasteiger partial charge in [-0.2, -0.15) is 0 Å². The summed E-state index contributed by atoms with van der Waals surface area (Å²) in [5, 5.41) is 13.3. The van der Waals surface area contributed by atoms with Crippen molar-refractivity contribution >= 4 is 29.2 Å². The lowest BCUT2D eigenvalue weighted by Crippen LogP contribution is -2.30. The first-order chi connectivity index (χ1) is 12.4. The summed E-state index contributed by atoms with van der Waals surface area (Å²) >= 11 is 0. The van der Waals surface area contributed by atoms with Gasteiger partial charge in [0.05, 0.1) is 4.92 Å². The molecule has 1 N–H and O–H groups in total. The molecule has 0 bridgehead atoms. The Labute approximate surface area is 149 Å². The zero-order valence-electron chi connectivity index (χ0n) is 14.2. The van der Waals surface area contributed by atoms with E-state index in [1.165, 1.54) is 23.1 Å². The Morgan fingerprint density at radius 2 is 2.00 bits per heavy atom. The Kier molecular flexibility index (Phi) is 6.15. The highest BCUT2D eigenvalue weighted by atomic mass is 16.6. The predicted octanol–water partition coefficient (Wildman–Crippen LogP) is 1.31. The third kappa shape index (κ3) is 5.23. The third-order valence-electron chi connectivity index (χ3n) is 3.31. The largest absolute Gasteiger partial charge is 0.454 e. The van der Waals surface area contributed by atoms with Gasteiger partial charge in [0.25, 0.3) is 11.6 Å². The van der Waals surface area contributed by atoms with Crippen LogP contribution in [0.5, 0.6) is 0 Å². The summed E-state index contributed by atoms with van der Waals surface area (Å²) in [6, 6.07) is 5.95. The molecule has 0 radical (unpaired) electrons. The van der Waals surface area contributed by atoms with E-state index in [0.29, 0.717) is 11.5 Å². The van der Waals surface area contributed by atoms with Crippen molar-refractivity contribution in [2.75, 3.05) is 30.4 Å². The van der Waals surface area contributed by atoms with Crippen molar-refractivity contribution in [1.29, 1.82) is 0 Å². The molecule has 1 amide bonds. The molecular weight excluding hydrogens is 342 g/mol. The predicted molar refractivity (Wildman–Crippen MR) is 92.7 cm³/mol. The molecular formula is C16H17N5O5. The average molecular weight is 359 g/mol.